The van der Waals surface area contributed by atoms with Crippen LogP contribution in [0, 0.1) is 5.92 Å². The predicted octanol–water partition coefficient (Wildman–Crippen LogP) is 3.42. The fourth-order valence-electron chi connectivity index (χ4n) is 3.55. The van der Waals surface area contributed by atoms with Gasteiger partial charge in [0.05, 0.1) is 25.0 Å². The number of hydrogen-bond donors (Lipinski definition) is 2. The summed E-state index contributed by atoms with van der Waals surface area (Å²) in [5, 5.41) is 0. The maximum absolute atomic E-state index is 11.4. The van der Waals surface area contributed by atoms with E-state index in [-0.39, 0.29) is 11.7 Å². The summed E-state index contributed by atoms with van der Waals surface area (Å²) in [6.07, 6.45) is 5.43. The maximum atomic E-state index is 11.4. The number of nitrogens with zero attached hydrogens (tertiary/aromatic N) is 2. The maximum Gasteiger partial charge on any atom is 0.306 e. The van der Waals surface area contributed by atoms with Crippen LogP contribution >= 0.6 is 0 Å². The Balaban J connectivity index is 1.74. The molecule has 34 heavy (non-hydrogen) atoms. The Morgan fingerprint density at radius 1 is 1.06 bits per heavy atom. The molecule has 9 nitrogen and oxygen atoms in total. The molecule has 3 aromatic rings. The Hall–Kier alpha value is -3.53. The molecular weight excluding hydrogens is 456 g/mol. The smallest absolute Gasteiger partial charge is 0.306 e. The molecule has 1 aliphatic rings. The molecule has 0 atom stereocenters. The molecule has 0 aliphatic heterocycles. The lowest BCUT2D eigenvalue weighted by Gasteiger charge is -2.19. The minimum Gasteiger partial charge on any atom is -0.493 e. The molecule has 180 valence electrons. The lowest BCUT2D eigenvalue weighted by Crippen LogP contribution is -2.07. The van der Waals surface area contributed by atoms with E-state index < -0.39 is 10.1 Å². The highest BCUT2D eigenvalue weighted by Gasteiger charge is 2.24. The first-order valence-corrected chi connectivity index (χ1v) is 12.8. The second-order valence-corrected chi connectivity index (χ2v) is 9.86. The highest BCUT2D eigenvalue weighted by molar-refractivity contribution is 7.86. The van der Waals surface area contributed by atoms with E-state index in [1.54, 1.807) is 30.5 Å². The van der Waals surface area contributed by atoms with Crippen LogP contribution in [-0.2, 0) is 16.5 Å². The van der Waals surface area contributed by atoms with Crippen molar-refractivity contribution in [3.8, 4) is 28.4 Å². The Labute approximate surface area is 199 Å². The number of rotatable bonds is 10. The molecule has 2 aromatic carbocycles. The average Bonchev–Trinajstić information content (AvgIpc) is 3.59. The van der Waals surface area contributed by atoms with Crippen molar-refractivity contribution in [2.24, 2.45) is 5.92 Å². The molecule has 1 aliphatic carbocycles. The van der Waals surface area contributed by atoms with Crippen LogP contribution in [0.4, 0.5) is 11.8 Å². The van der Waals surface area contributed by atoms with Gasteiger partial charge in [-0.15, -0.1) is 0 Å². The van der Waals surface area contributed by atoms with Gasteiger partial charge in [-0.2, -0.15) is 13.4 Å². The largest absolute Gasteiger partial charge is 0.493 e. The molecule has 0 radical (unpaired) electrons. The van der Waals surface area contributed by atoms with Crippen molar-refractivity contribution in [3.05, 3.63) is 53.7 Å². The van der Waals surface area contributed by atoms with Gasteiger partial charge in [-0.3, -0.25) is 0 Å². The summed E-state index contributed by atoms with van der Waals surface area (Å²) in [6.45, 7) is 2.99. The van der Waals surface area contributed by atoms with E-state index in [0.29, 0.717) is 42.9 Å². The number of aromatic nitrogens is 2. The fraction of sp³-hybridized carbons (Fsp3) is 0.333. The molecule has 0 saturated heterocycles. The van der Waals surface area contributed by atoms with Gasteiger partial charge in [0.1, 0.15) is 23.1 Å². The molecule has 0 spiro atoms. The molecule has 1 aromatic heterocycles. The van der Waals surface area contributed by atoms with Gasteiger partial charge in [-0.1, -0.05) is 12.1 Å². The monoisotopic (exact) mass is 484 g/mol. The zero-order valence-corrected chi connectivity index (χ0v) is 20.0. The lowest BCUT2D eigenvalue weighted by molar-refractivity contribution is 0.296. The third-order valence-corrected chi connectivity index (χ3v) is 5.79. The van der Waals surface area contributed by atoms with E-state index in [1.165, 1.54) is 0 Å². The van der Waals surface area contributed by atoms with Crippen LogP contribution in [0.1, 0.15) is 30.9 Å². The van der Waals surface area contributed by atoms with Crippen molar-refractivity contribution >= 4 is 21.9 Å². The fourth-order valence-corrected chi connectivity index (χ4v) is 4.01. The third kappa shape index (κ3) is 6.07. The number of ether oxygens (including phenoxy) is 2. The van der Waals surface area contributed by atoms with Crippen LogP contribution in [0.2, 0.25) is 0 Å². The van der Waals surface area contributed by atoms with Crippen LogP contribution in [0.3, 0.4) is 0 Å². The Morgan fingerprint density at radius 2 is 1.74 bits per heavy atom. The van der Waals surface area contributed by atoms with Gasteiger partial charge in [0.2, 0.25) is 5.95 Å². The SMILES string of the molecule is CCOc1cc(Cc2cnc(N)nc2N)cc(OCC2CC2)c1-c1ccc(OS(C)(=O)=O)cc1. The van der Waals surface area contributed by atoms with Crippen molar-refractivity contribution in [1.82, 2.24) is 9.97 Å². The van der Waals surface area contributed by atoms with E-state index in [0.717, 1.165) is 41.4 Å². The summed E-state index contributed by atoms with van der Waals surface area (Å²) in [7, 11) is -3.61. The second kappa shape index (κ2) is 9.76. The number of benzene rings is 2. The molecule has 4 rings (SSSR count). The zero-order chi connectivity index (χ0) is 24.3. The van der Waals surface area contributed by atoms with Crippen molar-refractivity contribution < 1.29 is 22.1 Å². The van der Waals surface area contributed by atoms with E-state index in [1.807, 2.05) is 19.1 Å². The van der Waals surface area contributed by atoms with Gasteiger partial charge < -0.3 is 25.1 Å². The minimum absolute atomic E-state index is 0.128. The van der Waals surface area contributed by atoms with Crippen molar-refractivity contribution in [2.45, 2.75) is 26.2 Å². The molecular formula is C24H28N4O5S. The normalized spacial score (nSPS) is 13.5. The molecule has 0 unspecified atom stereocenters. The Morgan fingerprint density at radius 3 is 2.32 bits per heavy atom. The van der Waals surface area contributed by atoms with Crippen LogP contribution < -0.4 is 25.1 Å². The standard InChI is InChI=1S/C24H28N4O5S/c1-3-31-20-11-16(10-18-13-27-24(26)28-23(18)25)12-21(32-14-15-4-5-15)22(20)17-6-8-19(9-7-17)33-34(2,29)30/h6-9,11-13,15H,3-5,10,14H2,1-2H3,(H4,25,26,27,28). The highest BCUT2D eigenvalue weighted by Crippen LogP contribution is 2.42. The van der Waals surface area contributed by atoms with E-state index >= 15 is 0 Å². The van der Waals surface area contributed by atoms with Gasteiger partial charge in [0, 0.05) is 18.2 Å². The number of anilines is 2. The summed E-state index contributed by atoms with van der Waals surface area (Å²) >= 11 is 0. The number of nitrogens with two attached hydrogens (primary N) is 2. The molecule has 10 heteroatoms. The van der Waals surface area contributed by atoms with E-state index in [2.05, 4.69) is 9.97 Å². The third-order valence-electron chi connectivity index (χ3n) is 5.30. The highest BCUT2D eigenvalue weighted by atomic mass is 32.2. The first kappa shape index (κ1) is 23.6. The van der Waals surface area contributed by atoms with E-state index in [4.69, 9.17) is 25.1 Å². The molecule has 0 amide bonds. The second-order valence-electron chi connectivity index (χ2n) is 8.28. The lowest BCUT2D eigenvalue weighted by atomic mass is 9.98. The van der Waals surface area contributed by atoms with Gasteiger partial charge in [-0.25, -0.2) is 4.98 Å². The molecule has 1 heterocycles. The number of nitrogen functional groups attached to an aromatic ring is 2. The van der Waals surface area contributed by atoms with Crippen molar-refractivity contribution in [2.75, 3.05) is 30.9 Å². The van der Waals surface area contributed by atoms with Crippen LogP contribution in [-0.4, -0.2) is 37.9 Å². The first-order valence-electron chi connectivity index (χ1n) is 11.0. The van der Waals surface area contributed by atoms with Gasteiger partial charge in [-0.05, 0) is 61.1 Å². The van der Waals surface area contributed by atoms with E-state index in [9.17, 15) is 8.42 Å². The molecule has 0 bridgehead atoms. The van der Waals surface area contributed by atoms with Gasteiger partial charge >= 0.3 is 10.1 Å². The van der Waals surface area contributed by atoms with Crippen LogP contribution in [0.15, 0.2) is 42.6 Å². The molecule has 1 fully saturated rings. The van der Waals surface area contributed by atoms with Gasteiger partial charge in [0.25, 0.3) is 0 Å². The minimum atomic E-state index is -3.61. The average molecular weight is 485 g/mol. The predicted molar refractivity (Wildman–Crippen MR) is 130 cm³/mol. The van der Waals surface area contributed by atoms with Crippen molar-refractivity contribution in [1.29, 1.82) is 0 Å². The summed E-state index contributed by atoms with van der Waals surface area (Å²) in [5.41, 5.74) is 15.0. The molecule has 4 N–H and O–H groups in total. The summed E-state index contributed by atoms with van der Waals surface area (Å²) in [5.74, 6) is 2.58. The zero-order valence-electron chi connectivity index (χ0n) is 19.2. The Kier molecular flexibility index (Phi) is 6.78. The van der Waals surface area contributed by atoms with Crippen LogP contribution in [0.25, 0.3) is 11.1 Å². The quantitative estimate of drug-likeness (QED) is 0.414. The molecule has 1 saturated carbocycles. The first-order chi connectivity index (χ1) is 16.2. The summed E-state index contributed by atoms with van der Waals surface area (Å²) in [6, 6.07) is 10.7. The summed E-state index contributed by atoms with van der Waals surface area (Å²) in [4.78, 5) is 8.10. The summed E-state index contributed by atoms with van der Waals surface area (Å²) < 4.78 is 40.1. The topological polar surface area (TPSA) is 140 Å². The van der Waals surface area contributed by atoms with Crippen LogP contribution in [0.5, 0.6) is 17.2 Å². The van der Waals surface area contributed by atoms with Crippen molar-refractivity contribution in [3.63, 3.8) is 0 Å². The van der Waals surface area contributed by atoms with Gasteiger partial charge in [0.15, 0.2) is 0 Å². The Bertz CT molecular complexity index is 1280. The number of hydrogen-bond acceptors (Lipinski definition) is 9.